The molecule has 2 N–H and O–H groups in total. The molecule has 0 heterocycles. The lowest BCUT2D eigenvalue weighted by molar-refractivity contribution is -0.142. The van der Waals surface area contributed by atoms with Crippen LogP contribution in [-0.4, -0.2) is 11.1 Å². The maximum Gasteiger partial charge on any atom is 0.333 e. The summed E-state index contributed by atoms with van der Waals surface area (Å²) in [6.07, 6.45) is 0. The van der Waals surface area contributed by atoms with Crippen LogP contribution >= 0.6 is 27.5 Å². The first kappa shape index (κ1) is 14.9. The normalized spacial score (nSPS) is 13.6. The Morgan fingerprint density at radius 1 is 1.15 bits per heavy atom. The first-order valence-electron chi connectivity index (χ1n) is 5.95. The van der Waals surface area contributed by atoms with Crippen molar-refractivity contribution in [2.24, 2.45) is 0 Å². The minimum Gasteiger partial charge on any atom is -0.479 e. The number of hydrogen-bond acceptors (Lipinski definition) is 2. The van der Waals surface area contributed by atoms with Crippen molar-refractivity contribution < 1.29 is 9.90 Å². The van der Waals surface area contributed by atoms with Crippen molar-refractivity contribution >= 4 is 39.2 Å². The number of carboxylic acid groups (broad SMARTS) is 1. The molecule has 5 heteroatoms. The van der Waals surface area contributed by atoms with E-state index in [2.05, 4.69) is 21.2 Å². The number of rotatable bonds is 4. The minimum absolute atomic E-state index is 0.608. The topological polar surface area (TPSA) is 49.3 Å². The van der Waals surface area contributed by atoms with Gasteiger partial charge in [-0.25, -0.2) is 4.79 Å². The van der Waals surface area contributed by atoms with E-state index in [1.165, 1.54) is 0 Å². The zero-order chi connectivity index (χ0) is 14.8. The second-order valence-corrected chi connectivity index (χ2v) is 5.92. The van der Waals surface area contributed by atoms with Crippen molar-refractivity contribution in [1.29, 1.82) is 0 Å². The molecule has 0 spiro atoms. The molecule has 0 aromatic heterocycles. The molecule has 0 saturated heterocycles. The largest absolute Gasteiger partial charge is 0.479 e. The summed E-state index contributed by atoms with van der Waals surface area (Å²) in [4.78, 5) is 11.7. The maximum atomic E-state index is 11.7. The van der Waals surface area contributed by atoms with Crippen molar-refractivity contribution in [1.82, 2.24) is 0 Å². The number of benzene rings is 2. The summed E-state index contributed by atoms with van der Waals surface area (Å²) in [5, 5.41) is 13.2. The molecule has 2 aromatic carbocycles. The summed E-state index contributed by atoms with van der Waals surface area (Å²) in [7, 11) is 0. The lowest BCUT2D eigenvalue weighted by Gasteiger charge is -2.28. The fourth-order valence-electron chi connectivity index (χ4n) is 1.85. The van der Waals surface area contributed by atoms with Crippen LogP contribution in [0.25, 0.3) is 0 Å². The molecule has 0 aliphatic rings. The molecular formula is C15H13BrClNO2. The molecule has 2 rings (SSSR count). The summed E-state index contributed by atoms with van der Waals surface area (Å²) < 4.78 is 0.903. The molecule has 0 radical (unpaired) electrons. The molecule has 20 heavy (non-hydrogen) atoms. The number of aliphatic carboxylic acids is 1. The number of anilines is 1. The first-order valence-corrected chi connectivity index (χ1v) is 7.12. The van der Waals surface area contributed by atoms with Gasteiger partial charge in [-0.05, 0) is 48.9 Å². The number of hydrogen-bond donors (Lipinski definition) is 2. The monoisotopic (exact) mass is 353 g/mol. The molecule has 3 nitrogen and oxygen atoms in total. The molecular weight excluding hydrogens is 342 g/mol. The second-order valence-electron chi connectivity index (χ2n) is 4.57. The molecule has 104 valence electrons. The van der Waals surface area contributed by atoms with Crippen molar-refractivity contribution in [3.8, 4) is 0 Å². The lowest BCUT2D eigenvalue weighted by Crippen LogP contribution is -2.40. The summed E-state index contributed by atoms with van der Waals surface area (Å²) in [6.45, 7) is 1.63. The highest BCUT2D eigenvalue weighted by Gasteiger charge is 2.35. The number of halogens is 2. The van der Waals surface area contributed by atoms with Crippen LogP contribution in [0.3, 0.4) is 0 Å². The predicted molar refractivity (Wildman–Crippen MR) is 84.2 cm³/mol. The van der Waals surface area contributed by atoms with Gasteiger partial charge in [-0.15, -0.1) is 0 Å². The third-order valence-corrected chi connectivity index (χ3v) is 3.87. The Bertz CT molecular complexity index is 613. The van der Waals surface area contributed by atoms with Gasteiger partial charge < -0.3 is 10.4 Å². The van der Waals surface area contributed by atoms with E-state index < -0.39 is 11.5 Å². The third kappa shape index (κ3) is 3.14. The van der Waals surface area contributed by atoms with Crippen molar-refractivity contribution in [3.63, 3.8) is 0 Å². The fourth-order valence-corrected chi connectivity index (χ4v) is 2.24. The molecule has 2 aromatic rings. The Morgan fingerprint density at radius 3 is 2.20 bits per heavy atom. The molecule has 0 amide bonds. The fraction of sp³-hybridized carbons (Fsp3) is 0.133. The lowest BCUT2D eigenvalue weighted by atomic mass is 9.91. The number of carbonyl (C=O) groups is 1. The number of nitrogens with one attached hydrogen (secondary N) is 1. The highest BCUT2D eigenvalue weighted by Crippen LogP contribution is 2.28. The van der Waals surface area contributed by atoms with E-state index in [1.807, 2.05) is 12.1 Å². The van der Waals surface area contributed by atoms with Gasteiger partial charge in [-0.3, -0.25) is 0 Å². The summed E-state index contributed by atoms with van der Waals surface area (Å²) in [6, 6.07) is 14.1. The Balaban J connectivity index is 2.37. The Morgan fingerprint density at radius 2 is 1.70 bits per heavy atom. The van der Waals surface area contributed by atoms with Crippen LogP contribution in [0.2, 0.25) is 5.02 Å². The van der Waals surface area contributed by atoms with Gasteiger partial charge in [0.05, 0.1) is 0 Å². The van der Waals surface area contributed by atoms with Crippen molar-refractivity contribution in [3.05, 3.63) is 63.6 Å². The Labute approximate surface area is 130 Å². The third-order valence-electron chi connectivity index (χ3n) is 3.09. The Kier molecular flexibility index (Phi) is 4.35. The van der Waals surface area contributed by atoms with Gasteiger partial charge in [0.25, 0.3) is 0 Å². The standard InChI is InChI=1S/C15H13BrClNO2/c1-15(14(19)20,10-2-4-11(16)5-3-10)18-13-8-6-12(17)7-9-13/h2-9,18H,1H3,(H,19,20). The van der Waals surface area contributed by atoms with Gasteiger partial charge in [0, 0.05) is 15.2 Å². The van der Waals surface area contributed by atoms with Gasteiger partial charge in [0.2, 0.25) is 0 Å². The van der Waals surface area contributed by atoms with E-state index in [4.69, 9.17) is 11.6 Å². The summed E-state index contributed by atoms with van der Waals surface area (Å²) in [5.41, 5.74) is 0.152. The van der Waals surface area contributed by atoms with Crippen LogP contribution in [0, 0.1) is 0 Å². The van der Waals surface area contributed by atoms with Gasteiger partial charge in [0.15, 0.2) is 5.54 Å². The van der Waals surface area contributed by atoms with Crippen LogP contribution in [0.15, 0.2) is 53.0 Å². The predicted octanol–water partition coefficient (Wildman–Crippen LogP) is 4.51. The first-order chi connectivity index (χ1) is 9.41. The van der Waals surface area contributed by atoms with E-state index in [0.717, 1.165) is 4.47 Å². The number of carboxylic acids is 1. The average Bonchev–Trinajstić information content (AvgIpc) is 2.42. The maximum absolute atomic E-state index is 11.7. The van der Waals surface area contributed by atoms with Crippen molar-refractivity contribution in [2.75, 3.05) is 5.32 Å². The van der Waals surface area contributed by atoms with Gasteiger partial charge in [-0.1, -0.05) is 39.7 Å². The molecule has 0 bridgehead atoms. The van der Waals surface area contributed by atoms with Crippen LogP contribution in [0.5, 0.6) is 0 Å². The highest BCUT2D eigenvalue weighted by atomic mass is 79.9. The van der Waals surface area contributed by atoms with E-state index >= 15 is 0 Å². The summed E-state index contributed by atoms with van der Waals surface area (Å²) >= 11 is 9.17. The zero-order valence-corrected chi connectivity index (χ0v) is 13.1. The zero-order valence-electron chi connectivity index (χ0n) is 10.7. The minimum atomic E-state index is -1.21. The Hall–Kier alpha value is -1.52. The molecule has 1 atom stereocenters. The molecule has 0 fully saturated rings. The highest BCUT2D eigenvalue weighted by molar-refractivity contribution is 9.10. The van der Waals surface area contributed by atoms with E-state index in [0.29, 0.717) is 16.3 Å². The van der Waals surface area contributed by atoms with Crippen molar-refractivity contribution in [2.45, 2.75) is 12.5 Å². The molecule has 1 unspecified atom stereocenters. The van der Waals surface area contributed by atoms with Gasteiger partial charge >= 0.3 is 5.97 Å². The van der Waals surface area contributed by atoms with Crippen LogP contribution in [0.4, 0.5) is 5.69 Å². The molecule has 0 aliphatic carbocycles. The van der Waals surface area contributed by atoms with E-state index in [1.54, 1.807) is 43.3 Å². The van der Waals surface area contributed by atoms with Crippen LogP contribution < -0.4 is 5.32 Å². The van der Waals surface area contributed by atoms with Gasteiger partial charge in [0.1, 0.15) is 0 Å². The van der Waals surface area contributed by atoms with E-state index in [-0.39, 0.29) is 0 Å². The average molecular weight is 355 g/mol. The van der Waals surface area contributed by atoms with Gasteiger partial charge in [-0.2, -0.15) is 0 Å². The quantitative estimate of drug-likeness (QED) is 0.849. The summed E-state index contributed by atoms with van der Waals surface area (Å²) in [5.74, 6) is -0.949. The molecule has 0 aliphatic heterocycles. The smallest absolute Gasteiger partial charge is 0.333 e. The van der Waals surface area contributed by atoms with Crippen LogP contribution in [0.1, 0.15) is 12.5 Å². The SMILES string of the molecule is CC(Nc1ccc(Cl)cc1)(C(=O)O)c1ccc(Br)cc1. The molecule has 0 saturated carbocycles. The second kappa shape index (κ2) is 5.85. The van der Waals surface area contributed by atoms with E-state index in [9.17, 15) is 9.90 Å². The van der Waals surface area contributed by atoms with Crippen LogP contribution in [-0.2, 0) is 10.3 Å².